The predicted molar refractivity (Wildman–Crippen MR) is 153 cm³/mol. The lowest BCUT2D eigenvalue weighted by molar-refractivity contribution is 0.301. The summed E-state index contributed by atoms with van der Waals surface area (Å²) >= 11 is 0. The first-order valence-electron chi connectivity index (χ1n) is 13.1. The van der Waals surface area contributed by atoms with Crippen molar-refractivity contribution in [3.63, 3.8) is 0 Å². The first-order valence-corrected chi connectivity index (χ1v) is 13.1. The molecule has 1 aromatic heterocycles. The Morgan fingerprint density at radius 2 is 1.29 bits per heavy atom. The van der Waals surface area contributed by atoms with Gasteiger partial charge in [-0.2, -0.15) is 0 Å². The Bertz CT molecular complexity index is 889. The summed E-state index contributed by atoms with van der Waals surface area (Å²) in [5, 5.41) is 0. The highest BCUT2D eigenvalue weighted by atomic mass is 14.8. The van der Waals surface area contributed by atoms with Crippen LogP contribution < -0.4 is 0 Å². The van der Waals surface area contributed by atoms with Crippen molar-refractivity contribution >= 4 is 11.0 Å². The third-order valence-corrected chi connectivity index (χ3v) is 5.41. The number of allylic oxidation sites excluding steroid dienone is 1. The molecule has 3 rings (SSSR count). The highest BCUT2D eigenvalue weighted by Crippen LogP contribution is 2.27. The first kappa shape index (κ1) is 31.5. The van der Waals surface area contributed by atoms with E-state index in [1.165, 1.54) is 49.7 Å². The van der Waals surface area contributed by atoms with Crippen LogP contribution in [0.25, 0.3) is 11.0 Å². The van der Waals surface area contributed by atoms with Gasteiger partial charge >= 0.3 is 0 Å². The van der Waals surface area contributed by atoms with E-state index >= 15 is 0 Å². The largest absolute Gasteiger partial charge is 0.253 e. The second kappa shape index (κ2) is 18.9. The number of aromatic nitrogens is 2. The molecule has 0 aliphatic rings. The van der Waals surface area contributed by atoms with Gasteiger partial charge in [-0.15, -0.1) is 6.58 Å². The average molecular weight is 463 g/mol. The van der Waals surface area contributed by atoms with Gasteiger partial charge in [-0.25, -0.2) is 4.98 Å². The molecular formula is C32H50N2. The van der Waals surface area contributed by atoms with E-state index in [0.29, 0.717) is 5.41 Å². The molecule has 0 N–H and O–H groups in total. The van der Waals surface area contributed by atoms with E-state index in [1.54, 1.807) is 6.20 Å². The summed E-state index contributed by atoms with van der Waals surface area (Å²) < 4.78 is 0. The molecule has 2 nitrogen and oxygen atoms in total. The summed E-state index contributed by atoms with van der Waals surface area (Å²) in [6.07, 6.45) is 10.7. The van der Waals surface area contributed by atoms with Gasteiger partial charge in [0.1, 0.15) is 0 Å². The van der Waals surface area contributed by atoms with Gasteiger partial charge < -0.3 is 0 Å². The fraction of sp³-hybridized carbons (Fsp3) is 0.500. The van der Waals surface area contributed by atoms with Crippen LogP contribution in [0, 0.1) is 12.3 Å². The summed E-state index contributed by atoms with van der Waals surface area (Å²) in [7, 11) is 0. The number of hydrogen-bond donors (Lipinski definition) is 0. The number of hydrogen-bond acceptors (Lipinski definition) is 2. The molecule has 2 aromatic carbocycles. The summed E-state index contributed by atoms with van der Waals surface area (Å²) in [6.45, 7) is 21.2. The maximum absolute atomic E-state index is 4.31. The van der Waals surface area contributed by atoms with Crippen LogP contribution in [-0.2, 0) is 6.42 Å². The van der Waals surface area contributed by atoms with Crippen molar-refractivity contribution in [1.82, 2.24) is 9.97 Å². The SMILES string of the molecule is C=C(C)CC.CCCC(C)(C)CCC.CCCc1ccccc1.Cc1cnc2ccccc2n1. The lowest BCUT2D eigenvalue weighted by Crippen LogP contribution is -2.09. The highest BCUT2D eigenvalue weighted by molar-refractivity contribution is 5.73. The number of fused-ring (bicyclic) bond motifs is 1. The van der Waals surface area contributed by atoms with E-state index in [4.69, 9.17) is 0 Å². The Morgan fingerprint density at radius 3 is 1.76 bits per heavy atom. The minimum atomic E-state index is 0.601. The van der Waals surface area contributed by atoms with Crippen LogP contribution in [0.4, 0.5) is 0 Å². The topological polar surface area (TPSA) is 25.8 Å². The number of aryl methyl sites for hydroxylation is 2. The van der Waals surface area contributed by atoms with E-state index in [1.807, 2.05) is 38.1 Å². The standard InChI is InChI=1S/C9H8N2.C9H12.C9H20.C5H10/c1-7-6-10-8-4-2-3-5-9(8)11-7;1-2-6-9-7-4-3-5-8-9;1-5-7-9(3,4)8-6-2;1-4-5(2)3/h2-6H,1H3;3-5,7-8H,2,6H2,1H3;5-8H2,1-4H3;2,4H2,1,3H3. The molecule has 34 heavy (non-hydrogen) atoms. The van der Waals surface area contributed by atoms with Crippen LogP contribution in [0.2, 0.25) is 0 Å². The zero-order valence-corrected chi connectivity index (χ0v) is 23.3. The van der Waals surface area contributed by atoms with Crippen molar-refractivity contribution in [2.45, 2.75) is 100 Å². The van der Waals surface area contributed by atoms with Crippen molar-refractivity contribution in [3.8, 4) is 0 Å². The number of rotatable bonds is 7. The lowest BCUT2D eigenvalue weighted by Gasteiger charge is -2.22. The third kappa shape index (κ3) is 16.2. The van der Waals surface area contributed by atoms with Gasteiger partial charge in [0.15, 0.2) is 0 Å². The molecule has 0 unspecified atom stereocenters. The van der Waals surface area contributed by atoms with E-state index in [9.17, 15) is 0 Å². The molecule has 0 aliphatic heterocycles. The fourth-order valence-corrected chi connectivity index (χ4v) is 3.46. The quantitative estimate of drug-likeness (QED) is 0.326. The van der Waals surface area contributed by atoms with Crippen molar-refractivity contribution < 1.29 is 0 Å². The van der Waals surface area contributed by atoms with Gasteiger partial charge in [-0.3, -0.25) is 4.98 Å². The molecule has 0 saturated heterocycles. The van der Waals surface area contributed by atoms with Gasteiger partial charge in [0.25, 0.3) is 0 Å². The molecule has 0 fully saturated rings. The van der Waals surface area contributed by atoms with Crippen molar-refractivity contribution in [2.24, 2.45) is 5.41 Å². The van der Waals surface area contributed by atoms with Crippen molar-refractivity contribution in [2.75, 3.05) is 0 Å². The molecule has 0 spiro atoms. The maximum Gasteiger partial charge on any atom is 0.0889 e. The first-order chi connectivity index (χ1) is 16.2. The maximum atomic E-state index is 4.31. The summed E-state index contributed by atoms with van der Waals surface area (Å²) in [5.41, 5.74) is 6.18. The van der Waals surface area contributed by atoms with Gasteiger partial charge in [0.2, 0.25) is 0 Å². The summed E-state index contributed by atoms with van der Waals surface area (Å²) in [5.74, 6) is 0. The summed E-state index contributed by atoms with van der Waals surface area (Å²) in [4.78, 5) is 8.53. The number of nitrogens with zero attached hydrogens (tertiary/aromatic N) is 2. The van der Waals surface area contributed by atoms with E-state index < -0.39 is 0 Å². The van der Waals surface area contributed by atoms with Crippen LogP contribution in [0.3, 0.4) is 0 Å². The fourth-order valence-electron chi connectivity index (χ4n) is 3.46. The molecular weight excluding hydrogens is 412 g/mol. The summed E-state index contributed by atoms with van der Waals surface area (Å²) in [6, 6.07) is 18.4. The van der Waals surface area contributed by atoms with E-state index in [-0.39, 0.29) is 0 Å². The Hall–Kier alpha value is -2.48. The molecule has 2 heteroatoms. The Labute approximate surface area is 211 Å². The van der Waals surface area contributed by atoms with Crippen molar-refractivity contribution in [1.29, 1.82) is 0 Å². The van der Waals surface area contributed by atoms with Crippen LogP contribution in [0.1, 0.15) is 98.2 Å². The Morgan fingerprint density at radius 1 is 0.794 bits per heavy atom. The zero-order chi connectivity index (χ0) is 25.8. The van der Waals surface area contributed by atoms with Crippen LogP contribution in [-0.4, -0.2) is 9.97 Å². The normalized spacial score (nSPS) is 10.1. The van der Waals surface area contributed by atoms with Gasteiger partial charge in [0.05, 0.1) is 16.7 Å². The van der Waals surface area contributed by atoms with E-state index in [2.05, 4.69) is 88.4 Å². The molecule has 0 bridgehead atoms. The monoisotopic (exact) mass is 462 g/mol. The predicted octanol–water partition coefficient (Wildman–Crippen LogP) is 10.2. The van der Waals surface area contributed by atoms with Gasteiger partial charge in [-0.05, 0) is 62.6 Å². The molecule has 188 valence electrons. The second-order valence-electron chi connectivity index (χ2n) is 9.71. The minimum Gasteiger partial charge on any atom is -0.253 e. The van der Waals surface area contributed by atoms with E-state index in [0.717, 1.165) is 23.1 Å². The zero-order valence-electron chi connectivity index (χ0n) is 23.3. The third-order valence-electron chi connectivity index (χ3n) is 5.41. The van der Waals surface area contributed by atoms with Crippen LogP contribution in [0.15, 0.2) is 72.9 Å². The van der Waals surface area contributed by atoms with Gasteiger partial charge in [0, 0.05) is 6.20 Å². The molecule has 0 amide bonds. The Kier molecular flexibility index (Phi) is 17.5. The molecule has 0 radical (unpaired) electrons. The minimum absolute atomic E-state index is 0.601. The van der Waals surface area contributed by atoms with Gasteiger partial charge in [-0.1, -0.05) is 109 Å². The molecule has 1 heterocycles. The lowest BCUT2D eigenvalue weighted by atomic mass is 9.84. The molecule has 0 atom stereocenters. The highest BCUT2D eigenvalue weighted by Gasteiger charge is 2.13. The van der Waals surface area contributed by atoms with Crippen molar-refractivity contribution in [3.05, 3.63) is 84.2 Å². The average Bonchev–Trinajstić information content (AvgIpc) is 2.81. The smallest absolute Gasteiger partial charge is 0.0889 e. The molecule has 3 aromatic rings. The molecule has 0 aliphatic carbocycles. The molecule has 0 saturated carbocycles. The number of para-hydroxylation sites is 2. The second-order valence-corrected chi connectivity index (χ2v) is 9.71. The Balaban J connectivity index is 0.000000442. The number of benzene rings is 2. The van der Waals surface area contributed by atoms with Crippen LogP contribution in [0.5, 0.6) is 0 Å². The van der Waals surface area contributed by atoms with Crippen LogP contribution >= 0.6 is 0 Å².